The van der Waals surface area contributed by atoms with Crippen LogP contribution in [0.25, 0.3) is 0 Å². The lowest BCUT2D eigenvalue weighted by molar-refractivity contribution is -0.131. The van der Waals surface area contributed by atoms with Gasteiger partial charge in [-0.1, -0.05) is 30.3 Å². The number of carbonyl (C=O) groups is 1. The van der Waals surface area contributed by atoms with Crippen molar-refractivity contribution >= 4 is 21.6 Å². The van der Waals surface area contributed by atoms with Crippen LogP contribution in [0.4, 0.5) is 0 Å². The van der Waals surface area contributed by atoms with Gasteiger partial charge < -0.3 is 0 Å². The largest absolute Gasteiger partial charge is 0.293 e. The molecule has 136 valence electrons. The fourth-order valence-corrected chi connectivity index (χ4v) is 4.05. The first-order chi connectivity index (χ1) is 11.9. The summed E-state index contributed by atoms with van der Waals surface area (Å²) in [6.45, 7) is 3.13. The van der Waals surface area contributed by atoms with Gasteiger partial charge in [0.05, 0.1) is 25.1 Å². The molecule has 1 amide bonds. The molecule has 0 saturated carbocycles. The summed E-state index contributed by atoms with van der Waals surface area (Å²) in [5.41, 5.74) is 1.99. The standard InChI is InChI=1S/C17H24N4O3S/c1-25(23,24)20-10-5-9-19(12-13-20)14-17(22)21-11-8-16(18-21)15-6-3-2-4-7-15/h2-4,6-7H,5,8-14H2,1H3. The van der Waals surface area contributed by atoms with E-state index in [1.165, 1.54) is 10.6 Å². The molecule has 0 bridgehead atoms. The Balaban J connectivity index is 1.57. The van der Waals surface area contributed by atoms with Gasteiger partial charge in [0, 0.05) is 26.1 Å². The van der Waals surface area contributed by atoms with Crippen molar-refractivity contribution in [3.8, 4) is 0 Å². The summed E-state index contributed by atoms with van der Waals surface area (Å²) >= 11 is 0. The number of rotatable bonds is 4. The van der Waals surface area contributed by atoms with Crippen molar-refractivity contribution in [3.63, 3.8) is 0 Å². The van der Waals surface area contributed by atoms with E-state index in [2.05, 4.69) is 5.10 Å². The minimum absolute atomic E-state index is 0.0289. The van der Waals surface area contributed by atoms with Gasteiger partial charge >= 0.3 is 0 Å². The van der Waals surface area contributed by atoms with Gasteiger partial charge in [-0.15, -0.1) is 0 Å². The lowest BCUT2D eigenvalue weighted by atomic mass is 10.1. The van der Waals surface area contributed by atoms with Gasteiger partial charge in [0.15, 0.2) is 0 Å². The molecule has 1 aromatic rings. The number of sulfonamides is 1. The molecule has 0 atom stereocenters. The Kier molecular flexibility index (Phi) is 5.51. The number of hydrazone groups is 1. The van der Waals surface area contributed by atoms with E-state index in [9.17, 15) is 13.2 Å². The van der Waals surface area contributed by atoms with Crippen molar-refractivity contribution in [1.29, 1.82) is 0 Å². The summed E-state index contributed by atoms with van der Waals surface area (Å²) in [7, 11) is -3.17. The molecule has 2 aliphatic heterocycles. The fraction of sp³-hybridized carbons (Fsp3) is 0.529. The van der Waals surface area contributed by atoms with E-state index in [4.69, 9.17) is 0 Å². The number of amides is 1. The molecule has 0 aromatic heterocycles. The van der Waals surface area contributed by atoms with Crippen LogP contribution in [0.1, 0.15) is 18.4 Å². The molecule has 0 radical (unpaired) electrons. The highest BCUT2D eigenvalue weighted by Crippen LogP contribution is 2.14. The Bertz CT molecular complexity index is 748. The minimum atomic E-state index is -3.17. The second kappa shape index (κ2) is 7.63. The van der Waals surface area contributed by atoms with E-state index >= 15 is 0 Å². The lowest BCUT2D eigenvalue weighted by Crippen LogP contribution is -2.39. The highest BCUT2D eigenvalue weighted by atomic mass is 32.2. The van der Waals surface area contributed by atoms with E-state index in [0.29, 0.717) is 26.2 Å². The van der Waals surface area contributed by atoms with Crippen molar-refractivity contribution in [2.45, 2.75) is 12.8 Å². The predicted molar refractivity (Wildman–Crippen MR) is 96.8 cm³/mol. The fourth-order valence-electron chi connectivity index (χ4n) is 3.18. The molecule has 25 heavy (non-hydrogen) atoms. The van der Waals surface area contributed by atoms with Gasteiger partial charge in [0.25, 0.3) is 5.91 Å². The summed E-state index contributed by atoms with van der Waals surface area (Å²) in [6.07, 6.45) is 2.73. The average Bonchev–Trinajstić information content (AvgIpc) is 2.95. The summed E-state index contributed by atoms with van der Waals surface area (Å²) in [5, 5.41) is 6.01. The van der Waals surface area contributed by atoms with Crippen molar-refractivity contribution in [2.75, 3.05) is 45.5 Å². The third-order valence-electron chi connectivity index (χ3n) is 4.57. The maximum absolute atomic E-state index is 12.5. The first-order valence-corrected chi connectivity index (χ1v) is 10.4. The van der Waals surface area contributed by atoms with E-state index in [0.717, 1.165) is 30.7 Å². The molecular weight excluding hydrogens is 340 g/mol. The van der Waals surface area contributed by atoms with Crippen molar-refractivity contribution < 1.29 is 13.2 Å². The second-order valence-electron chi connectivity index (χ2n) is 6.47. The Morgan fingerprint density at radius 3 is 2.56 bits per heavy atom. The number of nitrogens with zero attached hydrogens (tertiary/aromatic N) is 4. The Morgan fingerprint density at radius 1 is 1.08 bits per heavy atom. The van der Waals surface area contributed by atoms with Gasteiger partial charge in [0.1, 0.15) is 0 Å². The molecule has 2 heterocycles. The zero-order valence-corrected chi connectivity index (χ0v) is 15.3. The van der Waals surface area contributed by atoms with Crippen LogP contribution in [-0.4, -0.2) is 79.8 Å². The van der Waals surface area contributed by atoms with Crippen LogP contribution < -0.4 is 0 Å². The predicted octanol–water partition coefficient (Wildman–Crippen LogP) is 0.590. The maximum Gasteiger partial charge on any atom is 0.256 e. The summed E-state index contributed by atoms with van der Waals surface area (Å²) in [5.74, 6) is -0.0289. The average molecular weight is 364 g/mol. The van der Waals surface area contributed by atoms with E-state index < -0.39 is 10.0 Å². The van der Waals surface area contributed by atoms with Gasteiger partial charge in [-0.25, -0.2) is 17.7 Å². The third kappa shape index (κ3) is 4.65. The van der Waals surface area contributed by atoms with Crippen LogP contribution in [-0.2, 0) is 14.8 Å². The Hall–Kier alpha value is -1.77. The topological polar surface area (TPSA) is 73.3 Å². The highest BCUT2D eigenvalue weighted by Gasteiger charge is 2.26. The number of hydrogen-bond acceptors (Lipinski definition) is 5. The SMILES string of the molecule is CS(=O)(=O)N1CCCN(CC(=O)N2CCC(c3ccccc3)=N2)CC1. The van der Waals surface area contributed by atoms with Crippen molar-refractivity contribution in [1.82, 2.24) is 14.2 Å². The molecule has 0 spiro atoms. The molecule has 1 aromatic carbocycles. The van der Waals surface area contributed by atoms with Gasteiger partial charge in [-0.2, -0.15) is 5.10 Å². The van der Waals surface area contributed by atoms with Gasteiger partial charge in [0.2, 0.25) is 10.0 Å². The highest BCUT2D eigenvalue weighted by molar-refractivity contribution is 7.88. The van der Waals surface area contributed by atoms with E-state index in [1.807, 2.05) is 35.2 Å². The molecule has 1 fully saturated rings. The maximum atomic E-state index is 12.5. The van der Waals surface area contributed by atoms with E-state index in [1.54, 1.807) is 5.01 Å². The summed E-state index contributed by atoms with van der Waals surface area (Å²) in [6, 6.07) is 9.89. The van der Waals surface area contributed by atoms with Gasteiger partial charge in [-0.3, -0.25) is 9.69 Å². The zero-order valence-electron chi connectivity index (χ0n) is 14.5. The molecule has 0 unspecified atom stereocenters. The number of benzene rings is 1. The molecular formula is C17H24N4O3S. The molecule has 0 aliphatic carbocycles. The van der Waals surface area contributed by atoms with Crippen LogP contribution >= 0.6 is 0 Å². The number of hydrogen-bond donors (Lipinski definition) is 0. The molecule has 8 heteroatoms. The second-order valence-corrected chi connectivity index (χ2v) is 8.45. The summed E-state index contributed by atoms with van der Waals surface area (Å²) in [4.78, 5) is 14.5. The van der Waals surface area contributed by atoms with E-state index in [-0.39, 0.29) is 12.5 Å². The van der Waals surface area contributed by atoms with Gasteiger partial charge in [-0.05, 0) is 18.5 Å². The lowest BCUT2D eigenvalue weighted by Gasteiger charge is -2.21. The molecule has 2 aliphatic rings. The quantitative estimate of drug-likeness (QED) is 0.784. The summed E-state index contributed by atoms with van der Waals surface area (Å²) < 4.78 is 24.8. The van der Waals surface area contributed by atoms with Crippen LogP contribution in [0.5, 0.6) is 0 Å². The molecule has 3 rings (SSSR count). The number of carbonyl (C=O) groups excluding carboxylic acids is 1. The van der Waals surface area contributed by atoms with Crippen molar-refractivity contribution in [3.05, 3.63) is 35.9 Å². The third-order valence-corrected chi connectivity index (χ3v) is 5.88. The van der Waals surface area contributed by atoms with Crippen LogP contribution in [0.2, 0.25) is 0 Å². The molecule has 7 nitrogen and oxygen atoms in total. The van der Waals surface area contributed by atoms with Crippen LogP contribution in [0.15, 0.2) is 35.4 Å². The minimum Gasteiger partial charge on any atom is -0.293 e. The zero-order chi connectivity index (χ0) is 17.9. The molecule has 0 N–H and O–H groups in total. The molecule has 1 saturated heterocycles. The Morgan fingerprint density at radius 2 is 1.84 bits per heavy atom. The van der Waals surface area contributed by atoms with Crippen LogP contribution in [0, 0.1) is 0 Å². The first kappa shape index (κ1) is 18.0. The normalized spacial score (nSPS) is 20.4. The first-order valence-electron chi connectivity index (χ1n) is 8.54. The monoisotopic (exact) mass is 364 g/mol. The van der Waals surface area contributed by atoms with Crippen LogP contribution in [0.3, 0.4) is 0 Å². The Labute approximate surface area is 149 Å². The smallest absolute Gasteiger partial charge is 0.256 e. The van der Waals surface area contributed by atoms with Crippen molar-refractivity contribution in [2.24, 2.45) is 5.10 Å².